The van der Waals surface area contributed by atoms with E-state index in [9.17, 15) is 8.42 Å². The highest BCUT2D eigenvalue weighted by molar-refractivity contribution is 7.92. The molecule has 3 heterocycles. The molecule has 2 aromatic heterocycles. The molecule has 0 atom stereocenters. The van der Waals surface area contributed by atoms with Crippen molar-refractivity contribution in [2.24, 2.45) is 0 Å². The number of piperidine rings is 1. The van der Waals surface area contributed by atoms with Gasteiger partial charge in [0.05, 0.1) is 16.1 Å². The minimum atomic E-state index is -3.79. The van der Waals surface area contributed by atoms with E-state index in [0.717, 1.165) is 53.8 Å². The minimum Gasteiger partial charge on any atom is -0.356 e. The molecule has 4 aromatic rings. The molecule has 1 fully saturated rings. The third-order valence-corrected chi connectivity index (χ3v) is 7.42. The van der Waals surface area contributed by atoms with E-state index in [0.29, 0.717) is 0 Å². The van der Waals surface area contributed by atoms with Gasteiger partial charge in [0.25, 0.3) is 10.0 Å². The van der Waals surface area contributed by atoms with Crippen molar-refractivity contribution in [3.05, 3.63) is 72.3 Å². The first kappa shape index (κ1) is 21.6. The first-order valence-electron chi connectivity index (χ1n) is 10.7. The van der Waals surface area contributed by atoms with Crippen molar-refractivity contribution in [1.82, 2.24) is 15.0 Å². The Balaban J connectivity index is 1.52. The largest absolute Gasteiger partial charge is 0.356 e. The number of pyridine rings is 1. The number of nitrogens with zero attached hydrogens (tertiary/aromatic N) is 4. The number of rotatable bonds is 5. The van der Waals surface area contributed by atoms with Crippen molar-refractivity contribution >= 4 is 44.0 Å². The van der Waals surface area contributed by atoms with E-state index in [1.807, 2.05) is 18.2 Å². The maximum atomic E-state index is 12.8. The van der Waals surface area contributed by atoms with Gasteiger partial charge in [-0.15, -0.1) is 0 Å². The van der Waals surface area contributed by atoms with Crippen LogP contribution >= 0.6 is 11.6 Å². The van der Waals surface area contributed by atoms with Crippen LogP contribution in [0.3, 0.4) is 0 Å². The molecule has 0 amide bonds. The Kier molecular flexibility index (Phi) is 5.86. The lowest BCUT2D eigenvalue weighted by atomic mass is 10.0. The minimum absolute atomic E-state index is 0.0800. The summed E-state index contributed by atoms with van der Waals surface area (Å²) < 4.78 is 28.1. The van der Waals surface area contributed by atoms with Crippen LogP contribution in [0.25, 0.3) is 22.0 Å². The van der Waals surface area contributed by atoms with Gasteiger partial charge in [0.1, 0.15) is 12.1 Å². The molecular weight excluding hydrogens is 458 g/mol. The summed E-state index contributed by atoms with van der Waals surface area (Å²) in [6.07, 6.45) is 6.78. The summed E-state index contributed by atoms with van der Waals surface area (Å²) in [5, 5.41) is 1.04. The molecule has 5 rings (SSSR count). The second kappa shape index (κ2) is 8.96. The summed E-state index contributed by atoms with van der Waals surface area (Å²) in [6.45, 7) is 1.95. The predicted molar refractivity (Wildman–Crippen MR) is 131 cm³/mol. The quantitative estimate of drug-likeness (QED) is 0.399. The molecular formula is C24H22ClN5O2S. The zero-order chi connectivity index (χ0) is 22.8. The Morgan fingerprint density at radius 2 is 1.67 bits per heavy atom. The normalized spacial score (nSPS) is 14.4. The molecule has 9 heteroatoms. The smallest absolute Gasteiger partial charge is 0.261 e. The molecule has 0 aliphatic carbocycles. The van der Waals surface area contributed by atoms with E-state index < -0.39 is 10.0 Å². The summed E-state index contributed by atoms with van der Waals surface area (Å²) in [5.41, 5.74) is 2.69. The Bertz CT molecular complexity index is 1410. The van der Waals surface area contributed by atoms with Gasteiger partial charge in [0.2, 0.25) is 0 Å². The third-order valence-electron chi connectivity index (χ3n) is 5.74. The molecule has 0 bridgehead atoms. The van der Waals surface area contributed by atoms with Crippen LogP contribution in [0, 0.1) is 0 Å². The summed E-state index contributed by atoms with van der Waals surface area (Å²) >= 11 is 6.23. The number of fused-ring (bicyclic) bond motifs is 1. The fourth-order valence-electron chi connectivity index (χ4n) is 4.06. The molecule has 0 radical (unpaired) electrons. The zero-order valence-electron chi connectivity index (χ0n) is 17.8. The van der Waals surface area contributed by atoms with Gasteiger partial charge >= 0.3 is 0 Å². The molecule has 1 aliphatic heterocycles. The number of hydrogen-bond donors (Lipinski definition) is 1. The number of sulfonamides is 1. The molecule has 1 aliphatic rings. The lowest BCUT2D eigenvalue weighted by molar-refractivity contribution is 0.574. The molecule has 2 aromatic carbocycles. The van der Waals surface area contributed by atoms with Crippen molar-refractivity contribution in [3.63, 3.8) is 0 Å². The maximum Gasteiger partial charge on any atom is 0.261 e. The fourth-order valence-corrected chi connectivity index (χ4v) is 5.35. The van der Waals surface area contributed by atoms with E-state index in [4.69, 9.17) is 11.6 Å². The molecule has 0 spiro atoms. The first-order valence-corrected chi connectivity index (χ1v) is 12.6. The Morgan fingerprint density at radius 3 is 2.45 bits per heavy atom. The second-order valence-electron chi connectivity index (χ2n) is 7.96. The van der Waals surface area contributed by atoms with Gasteiger partial charge in [-0.05, 0) is 55.2 Å². The Labute approximate surface area is 197 Å². The highest BCUT2D eigenvalue weighted by atomic mass is 35.5. The van der Waals surface area contributed by atoms with Gasteiger partial charge in [-0.2, -0.15) is 0 Å². The summed E-state index contributed by atoms with van der Waals surface area (Å²) in [7, 11) is -3.79. The molecule has 33 heavy (non-hydrogen) atoms. The number of anilines is 2. The number of halogens is 1. The van der Waals surface area contributed by atoms with Crippen LogP contribution in [0.4, 0.5) is 11.5 Å². The number of nitrogens with one attached hydrogen (secondary N) is 1. The van der Waals surface area contributed by atoms with E-state index in [1.165, 1.54) is 18.6 Å². The second-order valence-corrected chi connectivity index (χ2v) is 10.00. The lowest BCUT2D eigenvalue weighted by Crippen LogP contribution is -2.30. The molecule has 7 nitrogen and oxygen atoms in total. The number of hydrogen-bond acceptors (Lipinski definition) is 6. The van der Waals surface area contributed by atoms with Crippen LogP contribution in [0.15, 0.2) is 72.0 Å². The average molecular weight is 480 g/mol. The highest BCUT2D eigenvalue weighted by Crippen LogP contribution is 2.32. The molecule has 1 saturated heterocycles. The van der Waals surface area contributed by atoms with Gasteiger partial charge < -0.3 is 4.90 Å². The Morgan fingerprint density at radius 1 is 0.879 bits per heavy atom. The van der Waals surface area contributed by atoms with E-state index >= 15 is 0 Å². The predicted octanol–water partition coefficient (Wildman–Crippen LogP) is 5.14. The SMILES string of the molecule is O=S(=O)(Nc1cc(-c2ccc3ncnc(N4CCCCC4)c3c2)cnc1Cl)c1ccccc1. The lowest BCUT2D eigenvalue weighted by Gasteiger charge is -2.28. The highest BCUT2D eigenvalue weighted by Gasteiger charge is 2.18. The van der Waals surface area contributed by atoms with E-state index in [-0.39, 0.29) is 15.7 Å². The van der Waals surface area contributed by atoms with Gasteiger partial charge in [0, 0.05) is 30.2 Å². The van der Waals surface area contributed by atoms with Crippen molar-refractivity contribution in [1.29, 1.82) is 0 Å². The monoisotopic (exact) mass is 479 g/mol. The van der Waals surface area contributed by atoms with Crippen LogP contribution in [0.1, 0.15) is 19.3 Å². The first-order chi connectivity index (χ1) is 16.0. The maximum absolute atomic E-state index is 12.8. The van der Waals surface area contributed by atoms with E-state index in [1.54, 1.807) is 36.8 Å². The van der Waals surface area contributed by atoms with Crippen LogP contribution in [0.2, 0.25) is 5.15 Å². The van der Waals surface area contributed by atoms with Crippen LogP contribution in [-0.2, 0) is 10.0 Å². The molecule has 168 valence electrons. The van der Waals surface area contributed by atoms with Crippen molar-refractivity contribution in [2.45, 2.75) is 24.2 Å². The summed E-state index contributed by atoms with van der Waals surface area (Å²) in [4.78, 5) is 15.7. The average Bonchev–Trinajstić information content (AvgIpc) is 2.85. The van der Waals surface area contributed by atoms with Gasteiger partial charge in [-0.3, -0.25) is 4.72 Å². The topological polar surface area (TPSA) is 88.1 Å². The summed E-state index contributed by atoms with van der Waals surface area (Å²) in [6, 6.07) is 15.8. The number of aromatic nitrogens is 3. The molecule has 0 saturated carbocycles. The van der Waals surface area contributed by atoms with Gasteiger partial charge in [0.15, 0.2) is 5.15 Å². The number of benzene rings is 2. The standard InChI is InChI=1S/C24H22ClN5O2S/c25-23-22(29-33(31,32)19-7-3-1-4-8-19)14-18(15-26-23)17-9-10-21-20(13-17)24(28-16-27-21)30-11-5-2-6-12-30/h1,3-4,7-10,13-16,29H,2,5-6,11-12H2. The third kappa shape index (κ3) is 4.49. The van der Waals surface area contributed by atoms with Crippen LogP contribution in [-0.4, -0.2) is 36.5 Å². The van der Waals surface area contributed by atoms with E-state index in [2.05, 4.69) is 24.6 Å². The zero-order valence-corrected chi connectivity index (χ0v) is 19.4. The Hall–Kier alpha value is -3.23. The van der Waals surface area contributed by atoms with Crippen molar-refractivity contribution < 1.29 is 8.42 Å². The van der Waals surface area contributed by atoms with Crippen molar-refractivity contribution in [3.8, 4) is 11.1 Å². The molecule has 1 N–H and O–H groups in total. The van der Waals surface area contributed by atoms with Crippen LogP contribution in [0.5, 0.6) is 0 Å². The molecule has 0 unspecified atom stereocenters. The van der Waals surface area contributed by atoms with Gasteiger partial charge in [-0.1, -0.05) is 35.9 Å². The van der Waals surface area contributed by atoms with Gasteiger partial charge in [-0.25, -0.2) is 23.4 Å². The fraction of sp³-hybridized carbons (Fsp3) is 0.208. The van der Waals surface area contributed by atoms with Crippen molar-refractivity contribution in [2.75, 3.05) is 22.7 Å². The van der Waals surface area contributed by atoms with Crippen LogP contribution < -0.4 is 9.62 Å². The summed E-state index contributed by atoms with van der Waals surface area (Å²) in [5.74, 6) is 0.925.